The van der Waals surface area contributed by atoms with Gasteiger partial charge in [-0.05, 0) is 33.9 Å². The zero-order valence-electron chi connectivity index (χ0n) is 11.4. The highest BCUT2D eigenvalue weighted by Crippen LogP contribution is 2.20. The predicted octanol–water partition coefficient (Wildman–Crippen LogP) is 2.79. The van der Waals surface area contributed by atoms with Gasteiger partial charge in [0.1, 0.15) is 5.76 Å². The number of furan rings is 1. The molecule has 3 nitrogen and oxygen atoms in total. The van der Waals surface area contributed by atoms with Crippen LogP contribution in [0.2, 0.25) is 0 Å². The van der Waals surface area contributed by atoms with E-state index in [1.54, 1.807) is 6.26 Å². The Balaban J connectivity index is 2.78. The SMILES string of the molecule is C=CCN(Cc1ccoc1CNC)C(C)(C)C. The fourth-order valence-corrected chi connectivity index (χ4v) is 1.76. The summed E-state index contributed by atoms with van der Waals surface area (Å²) in [6, 6.07) is 2.05. The zero-order chi connectivity index (χ0) is 12.9. The van der Waals surface area contributed by atoms with Gasteiger partial charge < -0.3 is 9.73 Å². The number of rotatable bonds is 6. The van der Waals surface area contributed by atoms with Crippen LogP contribution in [0.25, 0.3) is 0 Å². The first-order chi connectivity index (χ1) is 7.99. The maximum absolute atomic E-state index is 5.48. The normalized spacial score (nSPS) is 12.1. The van der Waals surface area contributed by atoms with Crippen molar-refractivity contribution in [2.24, 2.45) is 0 Å². The van der Waals surface area contributed by atoms with Crippen molar-refractivity contribution in [3.8, 4) is 0 Å². The Bertz CT molecular complexity index is 349. The molecule has 0 atom stereocenters. The molecule has 0 spiro atoms. The molecule has 1 rings (SSSR count). The first-order valence-corrected chi connectivity index (χ1v) is 6.05. The van der Waals surface area contributed by atoms with Crippen LogP contribution in [0.4, 0.5) is 0 Å². The van der Waals surface area contributed by atoms with E-state index in [1.165, 1.54) is 5.56 Å². The summed E-state index contributed by atoms with van der Waals surface area (Å²) in [6.07, 6.45) is 3.71. The van der Waals surface area contributed by atoms with Crippen LogP contribution in [0.5, 0.6) is 0 Å². The Labute approximate surface area is 104 Å². The lowest BCUT2D eigenvalue weighted by Crippen LogP contribution is -2.40. The minimum atomic E-state index is 0.127. The van der Waals surface area contributed by atoms with Crippen LogP contribution in [-0.4, -0.2) is 24.0 Å². The fourth-order valence-electron chi connectivity index (χ4n) is 1.76. The average Bonchev–Trinajstić information content (AvgIpc) is 2.64. The first-order valence-electron chi connectivity index (χ1n) is 6.05. The van der Waals surface area contributed by atoms with Crippen molar-refractivity contribution in [3.05, 3.63) is 36.3 Å². The highest BCUT2D eigenvalue weighted by atomic mass is 16.3. The largest absolute Gasteiger partial charge is 0.468 e. The minimum Gasteiger partial charge on any atom is -0.468 e. The van der Waals surface area contributed by atoms with Gasteiger partial charge in [0, 0.05) is 24.2 Å². The van der Waals surface area contributed by atoms with E-state index < -0.39 is 0 Å². The van der Waals surface area contributed by atoms with Crippen LogP contribution in [0.15, 0.2) is 29.4 Å². The number of hydrogen-bond donors (Lipinski definition) is 1. The van der Waals surface area contributed by atoms with Crippen LogP contribution in [0, 0.1) is 0 Å². The smallest absolute Gasteiger partial charge is 0.122 e. The highest BCUT2D eigenvalue weighted by molar-refractivity contribution is 5.17. The monoisotopic (exact) mass is 236 g/mol. The summed E-state index contributed by atoms with van der Waals surface area (Å²) in [5.74, 6) is 1.02. The van der Waals surface area contributed by atoms with Gasteiger partial charge in [-0.15, -0.1) is 6.58 Å². The summed E-state index contributed by atoms with van der Waals surface area (Å²) in [6.45, 7) is 13.0. The molecule has 0 aliphatic carbocycles. The lowest BCUT2D eigenvalue weighted by molar-refractivity contribution is 0.144. The highest BCUT2D eigenvalue weighted by Gasteiger charge is 2.21. The summed E-state index contributed by atoms with van der Waals surface area (Å²) >= 11 is 0. The third-order valence-electron chi connectivity index (χ3n) is 2.83. The molecule has 0 aromatic carbocycles. The first kappa shape index (κ1) is 14.0. The summed E-state index contributed by atoms with van der Waals surface area (Å²) in [5, 5.41) is 3.12. The van der Waals surface area contributed by atoms with Crippen molar-refractivity contribution in [2.45, 2.75) is 39.4 Å². The van der Waals surface area contributed by atoms with E-state index in [4.69, 9.17) is 4.42 Å². The van der Waals surface area contributed by atoms with E-state index in [0.29, 0.717) is 0 Å². The summed E-state index contributed by atoms with van der Waals surface area (Å²) < 4.78 is 5.48. The van der Waals surface area contributed by atoms with Gasteiger partial charge in [-0.2, -0.15) is 0 Å². The molecule has 1 heterocycles. The zero-order valence-corrected chi connectivity index (χ0v) is 11.4. The molecule has 1 aromatic heterocycles. The molecule has 0 saturated heterocycles. The van der Waals surface area contributed by atoms with Crippen LogP contribution in [0.3, 0.4) is 0 Å². The Hall–Kier alpha value is -1.06. The molecule has 0 saturated carbocycles. The van der Waals surface area contributed by atoms with E-state index in [2.05, 4.69) is 43.6 Å². The van der Waals surface area contributed by atoms with Gasteiger partial charge in [0.2, 0.25) is 0 Å². The fraction of sp³-hybridized carbons (Fsp3) is 0.571. The van der Waals surface area contributed by atoms with Gasteiger partial charge in [0.15, 0.2) is 0 Å². The third-order valence-corrected chi connectivity index (χ3v) is 2.83. The molecular weight excluding hydrogens is 212 g/mol. The second kappa shape index (κ2) is 6.03. The van der Waals surface area contributed by atoms with Gasteiger partial charge in [0.25, 0.3) is 0 Å². The number of nitrogens with one attached hydrogen (secondary N) is 1. The molecule has 1 N–H and O–H groups in total. The van der Waals surface area contributed by atoms with Crippen molar-refractivity contribution >= 4 is 0 Å². The minimum absolute atomic E-state index is 0.127. The topological polar surface area (TPSA) is 28.4 Å². The standard InChI is InChI=1S/C14H24N2O/c1-6-8-16(14(2,3)4)11-12-7-9-17-13(12)10-15-5/h6-7,9,15H,1,8,10-11H2,2-5H3. The number of hydrogen-bond acceptors (Lipinski definition) is 3. The quantitative estimate of drug-likeness (QED) is 0.770. The second-order valence-corrected chi connectivity index (χ2v) is 5.24. The predicted molar refractivity (Wildman–Crippen MR) is 71.8 cm³/mol. The summed E-state index contributed by atoms with van der Waals surface area (Å²) in [7, 11) is 1.93. The molecule has 1 aromatic rings. The third kappa shape index (κ3) is 4.02. The molecule has 0 bridgehead atoms. The van der Waals surface area contributed by atoms with Gasteiger partial charge in [0.05, 0.1) is 12.8 Å². The summed E-state index contributed by atoms with van der Waals surface area (Å²) in [4.78, 5) is 2.38. The van der Waals surface area contributed by atoms with Crippen LogP contribution >= 0.6 is 0 Å². The molecule has 0 amide bonds. The van der Waals surface area contributed by atoms with Crippen molar-refractivity contribution in [1.82, 2.24) is 10.2 Å². The molecule has 0 aliphatic heterocycles. The van der Waals surface area contributed by atoms with Crippen LogP contribution < -0.4 is 5.32 Å². The lowest BCUT2D eigenvalue weighted by Gasteiger charge is -2.34. The van der Waals surface area contributed by atoms with E-state index >= 15 is 0 Å². The lowest BCUT2D eigenvalue weighted by atomic mass is 10.0. The van der Waals surface area contributed by atoms with Gasteiger partial charge in [-0.3, -0.25) is 4.90 Å². The second-order valence-electron chi connectivity index (χ2n) is 5.24. The van der Waals surface area contributed by atoms with Gasteiger partial charge in [-0.25, -0.2) is 0 Å². The van der Waals surface area contributed by atoms with Crippen molar-refractivity contribution < 1.29 is 4.42 Å². The Morgan fingerprint density at radius 2 is 2.18 bits per heavy atom. The van der Waals surface area contributed by atoms with Crippen LogP contribution in [-0.2, 0) is 13.1 Å². The molecule has 0 fully saturated rings. The van der Waals surface area contributed by atoms with Gasteiger partial charge >= 0.3 is 0 Å². The van der Waals surface area contributed by atoms with Crippen molar-refractivity contribution in [3.63, 3.8) is 0 Å². The molecule has 0 unspecified atom stereocenters. The maximum atomic E-state index is 5.48. The Morgan fingerprint density at radius 3 is 2.71 bits per heavy atom. The molecular formula is C14H24N2O. The van der Waals surface area contributed by atoms with E-state index in [-0.39, 0.29) is 5.54 Å². The van der Waals surface area contributed by atoms with E-state index in [1.807, 2.05) is 13.1 Å². The van der Waals surface area contributed by atoms with Crippen molar-refractivity contribution in [1.29, 1.82) is 0 Å². The van der Waals surface area contributed by atoms with Crippen molar-refractivity contribution in [2.75, 3.05) is 13.6 Å². The molecule has 0 aliphatic rings. The molecule has 17 heavy (non-hydrogen) atoms. The Morgan fingerprint density at radius 1 is 1.47 bits per heavy atom. The molecule has 0 radical (unpaired) electrons. The molecule has 3 heteroatoms. The van der Waals surface area contributed by atoms with E-state index in [0.717, 1.165) is 25.4 Å². The Kier molecular flexibility index (Phi) is 4.97. The van der Waals surface area contributed by atoms with Gasteiger partial charge in [-0.1, -0.05) is 6.08 Å². The summed E-state index contributed by atoms with van der Waals surface area (Å²) in [5.41, 5.74) is 1.37. The average molecular weight is 236 g/mol. The number of nitrogens with zero attached hydrogens (tertiary/aromatic N) is 1. The maximum Gasteiger partial charge on any atom is 0.122 e. The van der Waals surface area contributed by atoms with Crippen LogP contribution in [0.1, 0.15) is 32.1 Å². The van der Waals surface area contributed by atoms with E-state index in [9.17, 15) is 0 Å². The molecule has 96 valence electrons.